The van der Waals surface area contributed by atoms with Gasteiger partial charge in [-0.3, -0.25) is 9.58 Å². The average molecular weight is 678 g/mol. The number of hydrogen-bond acceptors (Lipinski definition) is 7. The molecule has 0 saturated heterocycles. The van der Waals surface area contributed by atoms with Gasteiger partial charge < -0.3 is 14.7 Å². The van der Waals surface area contributed by atoms with Gasteiger partial charge >= 0.3 is 0 Å². The summed E-state index contributed by atoms with van der Waals surface area (Å²) in [4.78, 5) is 4.99. The molecule has 3 aromatic carbocycles. The lowest BCUT2D eigenvalue weighted by Gasteiger charge is -2.34. The molecule has 0 unspecified atom stereocenters. The first-order chi connectivity index (χ1) is 24.1. The van der Waals surface area contributed by atoms with Gasteiger partial charge in [0.2, 0.25) is 5.52 Å². The van der Waals surface area contributed by atoms with E-state index in [1.165, 1.54) is 48.9 Å². The Hall–Kier alpha value is -4.15. The van der Waals surface area contributed by atoms with Crippen LogP contribution < -0.4 is 9.47 Å². The van der Waals surface area contributed by atoms with Gasteiger partial charge in [0.05, 0.1) is 26.0 Å². The Morgan fingerprint density at radius 2 is 1.67 bits per heavy atom. The molecular weight excluding hydrogens is 629 g/mol. The molecule has 6 rings (SSSR count). The number of aliphatic hydroxyl groups is 1. The minimum absolute atomic E-state index is 0.0150. The summed E-state index contributed by atoms with van der Waals surface area (Å²) in [6, 6.07) is 26.7. The molecule has 1 N–H and O–H groups in total. The number of fused-ring (bicyclic) bond motifs is 2. The zero-order valence-corrected chi connectivity index (χ0v) is 29.9. The number of thiazole rings is 1. The maximum atomic E-state index is 8.91. The molecule has 5 aromatic rings. The predicted molar refractivity (Wildman–Crippen MR) is 201 cm³/mol. The first-order valence-corrected chi connectivity index (χ1v) is 18.5. The number of ether oxygens (including phenoxy) is 1. The van der Waals surface area contributed by atoms with Crippen LogP contribution in [0.1, 0.15) is 66.9 Å². The SMILES string of the molecule is CCN(CC)Cc1ccc(C2=C/C(=C\c3sc4ccccc4[n+]3C)c3ccccc3N2CCCCCCn2cc(COCCO)nn2)cc1. The van der Waals surface area contributed by atoms with Crippen LogP contribution in [0.15, 0.2) is 85.1 Å². The molecule has 0 atom stereocenters. The van der Waals surface area contributed by atoms with Crippen molar-refractivity contribution in [3.05, 3.63) is 112 Å². The highest BCUT2D eigenvalue weighted by molar-refractivity contribution is 7.18. The van der Waals surface area contributed by atoms with E-state index in [1.54, 1.807) is 0 Å². The van der Waals surface area contributed by atoms with Crippen LogP contribution in [0.25, 0.3) is 27.6 Å². The van der Waals surface area contributed by atoms with Crippen molar-refractivity contribution in [1.29, 1.82) is 0 Å². The second kappa shape index (κ2) is 17.0. The molecule has 0 bridgehead atoms. The van der Waals surface area contributed by atoms with Gasteiger partial charge in [-0.2, -0.15) is 4.57 Å². The van der Waals surface area contributed by atoms with Gasteiger partial charge in [-0.15, -0.1) is 5.10 Å². The summed E-state index contributed by atoms with van der Waals surface area (Å²) < 4.78 is 10.9. The van der Waals surface area contributed by atoms with Crippen LogP contribution in [-0.2, 0) is 31.5 Å². The van der Waals surface area contributed by atoms with Crippen LogP contribution in [0.3, 0.4) is 0 Å². The van der Waals surface area contributed by atoms with E-state index < -0.39 is 0 Å². The molecule has 0 spiro atoms. The quantitative estimate of drug-likeness (QED) is 0.0822. The maximum absolute atomic E-state index is 8.91. The lowest BCUT2D eigenvalue weighted by atomic mass is 9.93. The number of rotatable bonds is 17. The number of nitrogens with zero attached hydrogens (tertiary/aromatic N) is 6. The van der Waals surface area contributed by atoms with E-state index in [4.69, 9.17) is 9.84 Å². The molecule has 8 nitrogen and oxygen atoms in total. The molecular formula is C40H49N6O2S+. The molecule has 1 aliphatic heterocycles. The van der Waals surface area contributed by atoms with Gasteiger partial charge in [-0.05, 0) is 60.8 Å². The van der Waals surface area contributed by atoms with Crippen LogP contribution in [0, 0.1) is 0 Å². The minimum Gasteiger partial charge on any atom is -0.394 e. The van der Waals surface area contributed by atoms with Crippen molar-refractivity contribution < 1.29 is 14.4 Å². The first-order valence-electron chi connectivity index (χ1n) is 17.6. The standard InChI is InChI=1S/C40H49N6O2S/c1-4-44(5-2)28-31-18-20-32(21-19-31)38-26-33(27-40-43(3)37-16-10-11-17-39(37)49-40)35-14-8-9-15-36(35)46(38)23-13-7-6-12-22-45-29-34(41-42-45)30-48-25-24-47/h8-11,14-21,26-27,29,47H,4-7,12-13,22-25,28,30H2,1-3H3/q+1. The topological polar surface area (TPSA) is 70.5 Å². The summed E-state index contributed by atoms with van der Waals surface area (Å²) in [7, 11) is 2.17. The molecule has 49 heavy (non-hydrogen) atoms. The third-order valence-electron chi connectivity index (χ3n) is 9.28. The Kier molecular flexibility index (Phi) is 12.0. The summed E-state index contributed by atoms with van der Waals surface area (Å²) in [6.07, 6.45) is 11.1. The maximum Gasteiger partial charge on any atom is 0.263 e. The van der Waals surface area contributed by atoms with Crippen molar-refractivity contribution in [1.82, 2.24) is 19.9 Å². The smallest absolute Gasteiger partial charge is 0.263 e. The van der Waals surface area contributed by atoms with Crippen molar-refractivity contribution in [2.24, 2.45) is 7.05 Å². The van der Waals surface area contributed by atoms with E-state index in [0.717, 1.165) is 64.1 Å². The van der Waals surface area contributed by atoms with E-state index in [-0.39, 0.29) is 6.61 Å². The molecule has 2 aromatic heterocycles. The summed E-state index contributed by atoms with van der Waals surface area (Å²) in [6.45, 7) is 10.0. The van der Waals surface area contributed by atoms with Crippen LogP contribution in [-0.4, -0.2) is 57.8 Å². The van der Waals surface area contributed by atoms with Gasteiger partial charge in [0.25, 0.3) is 5.01 Å². The predicted octanol–water partition coefficient (Wildman–Crippen LogP) is 7.33. The van der Waals surface area contributed by atoms with E-state index >= 15 is 0 Å². The second-order valence-electron chi connectivity index (χ2n) is 12.6. The highest BCUT2D eigenvalue weighted by Crippen LogP contribution is 2.41. The molecule has 9 heteroatoms. The lowest BCUT2D eigenvalue weighted by Crippen LogP contribution is -2.29. The molecule has 0 fully saturated rings. The average Bonchev–Trinajstić information content (AvgIpc) is 3.72. The summed E-state index contributed by atoms with van der Waals surface area (Å²) >= 11 is 1.84. The highest BCUT2D eigenvalue weighted by atomic mass is 32.1. The number of unbranched alkanes of at least 4 members (excludes halogenated alkanes) is 3. The Bertz CT molecular complexity index is 1870. The van der Waals surface area contributed by atoms with E-state index in [1.807, 2.05) is 22.2 Å². The summed E-state index contributed by atoms with van der Waals surface area (Å²) in [5, 5.41) is 18.6. The summed E-state index contributed by atoms with van der Waals surface area (Å²) in [5.74, 6) is 0. The highest BCUT2D eigenvalue weighted by Gasteiger charge is 2.25. The number of aryl methyl sites for hydroxylation is 2. The number of allylic oxidation sites excluding steroid dienone is 2. The minimum atomic E-state index is 0.0150. The number of benzene rings is 3. The van der Waals surface area contributed by atoms with Gasteiger partial charge in [0.1, 0.15) is 17.4 Å². The molecule has 0 aliphatic carbocycles. The first kappa shape index (κ1) is 34.7. The van der Waals surface area contributed by atoms with Gasteiger partial charge in [-0.25, -0.2) is 0 Å². The number of para-hydroxylation sites is 2. The Labute approximate surface area is 294 Å². The van der Waals surface area contributed by atoms with Crippen molar-refractivity contribution in [3.63, 3.8) is 0 Å². The number of aliphatic hydroxyl groups excluding tert-OH is 1. The summed E-state index contributed by atoms with van der Waals surface area (Å²) in [5.41, 5.74) is 9.68. The van der Waals surface area contributed by atoms with Crippen LogP contribution in [0.2, 0.25) is 0 Å². The zero-order chi connectivity index (χ0) is 34.0. The van der Waals surface area contributed by atoms with Crippen LogP contribution in [0.4, 0.5) is 5.69 Å². The molecule has 0 amide bonds. The molecule has 0 radical (unpaired) electrons. The van der Waals surface area contributed by atoms with Crippen molar-refractivity contribution in [2.75, 3.05) is 37.7 Å². The molecule has 0 saturated carbocycles. The number of anilines is 1. The molecule has 256 valence electrons. The lowest BCUT2D eigenvalue weighted by molar-refractivity contribution is -0.642. The monoisotopic (exact) mass is 677 g/mol. The largest absolute Gasteiger partial charge is 0.394 e. The zero-order valence-electron chi connectivity index (χ0n) is 29.1. The third kappa shape index (κ3) is 8.54. The van der Waals surface area contributed by atoms with E-state index in [2.05, 4.69) is 131 Å². The number of aromatic nitrogens is 4. The normalized spacial score (nSPS) is 13.9. The Morgan fingerprint density at radius 3 is 2.45 bits per heavy atom. The van der Waals surface area contributed by atoms with Gasteiger partial charge in [0, 0.05) is 48.7 Å². The van der Waals surface area contributed by atoms with E-state index in [9.17, 15) is 0 Å². The van der Waals surface area contributed by atoms with Gasteiger partial charge in [0.15, 0.2) is 0 Å². The van der Waals surface area contributed by atoms with Crippen molar-refractivity contribution in [2.45, 2.75) is 59.2 Å². The van der Waals surface area contributed by atoms with Crippen LogP contribution >= 0.6 is 11.3 Å². The Morgan fingerprint density at radius 1 is 0.918 bits per heavy atom. The second-order valence-corrected chi connectivity index (χ2v) is 13.6. The van der Waals surface area contributed by atoms with Crippen molar-refractivity contribution in [3.8, 4) is 0 Å². The number of hydrogen-bond donors (Lipinski definition) is 1. The fraction of sp³-hybridized carbons (Fsp3) is 0.375. The van der Waals surface area contributed by atoms with Crippen molar-refractivity contribution >= 4 is 44.6 Å². The fourth-order valence-corrected chi connectivity index (χ4v) is 7.61. The van der Waals surface area contributed by atoms with E-state index in [0.29, 0.717) is 13.2 Å². The molecule has 1 aliphatic rings. The Balaban J connectivity index is 1.21. The van der Waals surface area contributed by atoms with Crippen LogP contribution in [0.5, 0.6) is 0 Å². The molecule has 3 heterocycles. The fourth-order valence-electron chi connectivity index (χ4n) is 6.50. The van der Waals surface area contributed by atoms with Gasteiger partial charge in [-0.1, -0.05) is 97.8 Å². The third-order valence-corrected chi connectivity index (χ3v) is 10.4.